The van der Waals surface area contributed by atoms with Crippen LogP contribution < -0.4 is 0 Å². The Hall–Kier alpha value is -1.93. The van der Waals surface area contributed by atoms with Crippen LogP contribution in [0.15, 0.2) is 60.9 Å². The van der Waals surface area contributed by atoms with Gasteiger partial charge < -0.3 is 5.11 Å². The highest BCUT2D eigenvalue weighted by atomic mass is 16.2. The van der Waals surface area contributed by atoms with Crippen LogP contribution in [0.2, 0.25) is 0 Å². The van der Waals surface area contributed by atoms with E-state index in [0.717, 1.165) is 31.2 Å². The van der Waals surface area contributed by atoms with Crippen LogP contribution in [0.4, 0.5) is 0 Å². The summed E-state index contributed by atoms with van der Waals surface area (Å²) in [6.07, 6.45) is 10.1. The summed E-state index contributed by atoms with van der Waals surface area (Å²) in [7, 11) is 0. The van der Waals surface area contributed by atoms with E-state index < -0.39 is 0 Å². The van der Waals surface area contributed by atoms with Crippen molar-refractivity contribution in [3.63, 3.8) is 0 Å². The topological polar surface area (TPSA) is 33.1 Å². The molecule has 2 aromatic rings. The van der Waals surface area contributed by atoms with Gasteiger partial charge in [0, 0.05) is 24.6 Å². The Kier molecular flexibility index (Phi) is 6.00. The van der Waals surface area contributed by atoms with E-state index in [4.69, 9.17) is 5.11 Å². The van der Waals surface area contributed by atoms with E-state index >= 15 is 0 Å². The van der Waals surface area contributed by atoms with Gasteiger partial charge in [-0.3, -0.25) is 4.98 Å². The number of pyridine rings is 1. The number of rotatable bonds is 7. The number of unbranched alkanes of at least 4 members (excludes halogenated alkanes) is 3. The molecule has 1 aromatic carbocycles. The lowest BCUT2D eigenvalue weighted by Crippen LogP contribution is -1.89. The number of hydrogen-bond donors (Lipinski definition) is 1. The van der Waals surface area contributed by atoms with E-state index in [1.165, 1.54) is 11.1 Å². The second-order valence-corrected chi connectivity index (χ2v) is 4.80. The maximum atomic E-state index is 8.81. The highest BCUT2D eigenvalue weighted by Crippen LogP contribution is 2.23. The molecule has 0 fully saturated rings. The van der Waals surface area contributed by atoms with Gasteiger partial charge in [-0.1, -0.05) is 48.9 Å². The predicted molar refractivity (Wildman–Crippen MR) is 83.3 cm³/mol. The molecule has 2 rings (SSSR count). The Morgan fingerprint density at radius 2 is 1.75 bits per heavy atom. The van der Waals surface area contributed by atoms with E-state index in [1.807, 2.05) is 18.3 Å². The molecule has 1 heterocycles. The molecule has 0 atom stereocenters. The normalized spacial score (nSPS) is 11.6. The molecule has 2 heteroatoms. The van der Waals surface area contributed by atoms with Crippen LogP contribution in [0.1, 0.15) is 36.8 Å². The van der Waals surface area contributed by atoms with Crippen LogP contribution in [0, 0.1) is 0 Å². The van der Waals surface area contributed by atoms with Gasteiger partial charge in [0.05, 0.1) is 0 Å². The summed E-state index contributed by atoms with van der Waals surface area (Å²) in [5.41, 5.74) is 3.62. The fourth-order valence-corrected chi connectivity index (χ4v) is 2.22. The number of hydrogen-bond acceptors (Lipinski definition) is 2. The van der Waals surface area contributed by atoms with Crippen LogP contribution in [0.5, 0.6) is 0 Å². The lowest BCUT2D eigenvalue weighted by Gasteiger charge is -2.08. The van der Waals surface area contributed by atoms with Crippen molar-refractivity contribution in [3.05, 3.63) is 72.1 Å². The molecule has 0 radical (unpaired) electrons. The smallest absolute Gasteiger partial charge is 0.0431 e. The third kappa shape index (κ3) is 4.32. The standard InChI is InChI=1S/C18H21NO/c20-14-7-2-1-6-12-18(16-9-4-3-5-10-16)17-11-8-13-19-15-17/h3-5,8-13,15,20H,1-2,6-7,14H2. The van der Waals surface area contributed by atoms with Crippen molar-refractivity contribution < 1.29 is 5.11 Å². The first-order chi connectivity index (χ1) is 9.92. The van der Waals surface area contributed by atoms with Crippen LogP contribution in [0.25, 0.3) is 5.57 Å². The molecule has 0 unspecified atom stereocenters. The summed E-state index contributed by atoms with van der Waals surface area (Å²) in [4.78, 5) is 4.21. The highest BCUT2D eigenvalue weighted by molar-refractivity contribution is 5.79. The summed E-state index contributed by atoms with van der Waals surface area (Å²) >= 11 is 0. The molecule has 0 aliphatic carbocycles. The molecule has 0 bridgehead atoms. The van der Waals surface area contributed by atoms with Crippen molar-refractivity contribution >= 4 is 5.57 Å². The van der Waals surface area contributed by atoms with E-state index in [1.54, 1.807) is 6.20 Å². The summed E-state index contributed by atoms with van der Waals surface area (Å²) in [6, 6.07) is 14.5. The zero-order valence-corrected chi connectivity index (χ0v) is 11.7. The van der Waals surface area contributed by atoms with Crippen molar-refractivity contribution in [2.24, 2.45) is 0 Å². The van der Waals surface area contributed by atoms with Gasteiger partial charge in [-0.15, -0.1) is 0 Å². The van der Waals surface area contributed by atoms with Crippen molar-refractivity contribution in [1.29, 1.82) is 0 Å². The van der Waals surface area contributed by atoms with E-state index in [9.17, 15) is 0 Å². The van der Waals surface area contributed by atoms with Gasteiger partial charge in [-0.2, -0.15) is 0 Å². The van der Waals surface area contributed by atoms with E-state index in [-0.39, 0.29) is 6.61 Å². The van der Waals surface area contributed by atoms with Crippen molar-refractivity contribution in [2.75, 3.05) is 6.61 Å². The average Bonchev–Trinajstić information content (AvgIpc) is 2.53. The van der Waals surface area contributed by atoms with Crippen molar-refractivity contribution in [2.45, 2.75) is 25.7 Å². The number of benzene rings is 1. The molecule has 1 N–H and O–H groups in total. The number of allylic oxidation sites excluding steroid dienone is 1. The van der Waals surface area contributed by atoms with E-state index in [2.05, 4.69) is 41.4 Å². The molecule has 0 saturated heterocycles. The fraction of sp³-hybridized carbons (Fsp3) is 0.278. The largest absolute Gasteiger partial charge is 0.396 e. The zero-order valence-electron chi connectivity index (χ0n) is 11.7. The fourth-order valence-electron chi connectivity index (χ4n) is 2.22. The first kappa shape index (κ1) is 14.5. The van der Waals surface area contributed by atoms with Crippen molar-refractivity contribution in [3.8, 4) is 0 Å². The number of nitrogens with zero attached hydrogens (tertiary/aromatic N) is 1. The van der Waals surface area contributed by atoms with Gasteiger partial charge in [-0.05, 0) is 36.5 Å². The Morgan fingerprint density at radius 3 is 2.45 bits per heavy atom. The van der Waals surface area contributed by atoms with Crippen LogP contribution in [0.3, 0.4) is 0 Å². The Bertz CT molecular complexity index is 478. The zero-order chi connectivity index (χ0) is 14.0. The minimum atomic E-state index is 0.290. The first-order valence-electron chi connectivity index (χ1n) is 7.18. The predicted octanol–water partition coefficient (Wildman–Crippen LogP) is 4.07. The van der Waals surface area contributed by atoms with Gasteiger partial charge in [0.25, 0.3) is 0 Å². The maximum Gasteiger partial charge on any atom is 0.0431 e. The Balaban J connectivity index is 2.15. The molecular formula is C18H21NO. The summed E-state index contributed by atoms with van der Waals surface area (Å²) in [5, 5.41) is 8.81. The molecule has 2 nitrogen and oxygen atoms in total. The maximum absolute atomic E-state index is 8.81. The van der Waals surface area contributed by atoms with Crippen LogP contribution in [-0.4, -0.2) is 16.7 Å². The molecule has 1 aromatic heterocycles. The number of aromatic nitrogens is 1. The Labute approximate surface area is 120 Å². The Morgan fingerprint density at radius 1 is 0.950 bits per heavy atom. The summed E-state index contributed by atoms with van der Waals surface area (Å²) in [5.74, 6) is 0. The third-order valence-electron chi connectivity index (χ3n) is 3.27. The molecule has 0 aliphatic heterocycles. The second-order valence-electron chi connectivity index (χ2n) is 4.80. The molecule has 20 heavy (non-hydrogen) atoms. The molecule has 0 saturated carbocycles. The van der Waals surface area contributed by atoms with Gasteiger partial charge in [0.2, 0.25) is 0 Å². The third-order valence-corrected chi connectivity index (χ3v) is 3.27. The molecule has 104 valence electrons. The number of aliphatic hydroxyl groups excluding tert-OH is 1. The summed E-state index contributed by atoms with van der Waals surface area (Å²) < 4.78 is 0. The first-order valence-corrected chi connectivity index (χ1v) is 7.18. The monoisotopic (exact) mass is 267 g/mol. The number of aliphatic hydroxyl groups is 1. The lowest BCUT2D eigenvalue weighted by molar-refractivity contribution is 0.283. The summed E-state index contributed by atoms with van der Waals surface area (Å²) in [6.45, 7) is 0.290. The van der Waals surface area contributed by atoms with Crippen molar-refractivity contribution in [1.82, 2.24) is 4.98 Å². The van der Waals surface area contributed by atoms with Gasteiger partial charge in [0.1, 0.15) is 0 Å². The van der Waals surface area contributed by atoms with Gasteiger partial charge >= 0.3 is 0 Å². The minimum Gasteiger partial charge on any atom is -0.396 e. The average molecular weight is 267 g/mol. The van der Waals surface area contributed by atoms with Gasteiger partial charge in [-0.25, -0.2) is 0 Å². The highest BCUT2D eigenvalue weighted by Gasteiger charge is 2.03. The molecule has 0 spiro atoms. The SMILES string of the molecule is OCCCCCC=C(c1ccccc1)c1cccnc1. The lowest BCUT2D eigenvalue weighted by atomic mass is 9.97. The second kappa shape index (κ2) is 8.28. The molecule has 0 amide bonds. The van der Waals surface area contributed by atoms with Crippen LogP contribution >= 0.6 is 0 Å². The minimum absolute atomic E-state index is 0.290. The van der Waals surface area contributed by atoms with Crippen LogP contribution in [-0.2, 0) is 0 Å². The molecular weight excluding hydrogens is 246 g/mol. The van der Waals surface area contributed by atoms with E-state index in [0.29, 0.717) is 0 Å². The van der Waals surface area contributed by atoms with Gasteiger partial charge in [0.15, 0.2) is 0 Å². The quantitative estimate of drug-likeness (QED) is 0.767. The molecule has 0 aliphatic rings.